The number of nitrogens with zero attached hydrogens (tertiary/aromatic N) is 1. The second-order valence-corrected chi connectivity index (χ2v) is 12.2. The molecule has 2 aromatic carbocycles. The zero-order chi connectivity index (χ0) is 27.0. The van der Waals surface area contributed by atoms with E-state index in [1.165, 1.54) is 22.9 Å². The normalized spacial score (nSPS) is 31.6. The molecule has 5 atom stereocenters. The highest BCUT2D eigenvalue weighted by molar-refractivity contribution is 5.93. The zero-order valence-electron chi connectivity index (χ0n) is 23.0. The standard InChI is InChI=1S/C35H37NO3/c1-34-22-31(26-12-10-24(11-13-26)9-6-20-36-39-23-25-7-4-3-5-8-25)33-29-17-15-28(37)21-27(29)14-16-30(33)32(34)18-19-35(34,2)38/h3-5,7-8,10-13,20-21,30-32,38H,14-19,22-23H2,1-2H3/b36-20-/t30?,31-,32?,34?,35?/m1/s1. The van der Waals surface area contributed by atoms with Gasteiger partial charge in [-0.3, -0.25) is 4.79 Å². The molecule has 4 heteroatoms. The third-order valence-electron chi connectivity index (χ3n) is 10.1. The zero-order valence-corrected chi connectivity index (χ0v) is 23.0. The van der Waals surface area contributed by atoms with Crippen LogP contribution in [0.5, 0.6) is 0 Å². The Morgan fingerprint density at radius 1 is 1.05 bits per heavy atom. The molecule has 0 radical (unpaired) electrons. The number of benzene rings is 2. The third kappa shape index (κ3) is 4.79. The van der Waals surface area contributed by atoms with Gasteiger partial charge in [0.1, 0.15) is 12.8 Å². The van der Waals surface area contributed by atoms with Crippen molar-refractivity contribution in [3.63, 3.8) is 0 Å². The van der Waals surface area contributed by atoms with Crippen molar-refractivity contribution in [2.24, 2.45) is 22.4 Å². The SMILES string of the molecule is CC1(O)CCC2C3CCC4=CC(=O)CCC4=C3[C@@H](c3ccc(C#C/C=N\OCc4ccccc4)cc3)CC21C. The summed E-state index contributed by atoms with van der Waals surface area (Å²) < 4.78 is 0. The van der Waals surface area contributed by atoms with Crippen LogP contribution in [-0.2, 0) is 16.2 Å². The van der Waals surface area contributed by atoms with Crippen molar-refractivity contribution < 1.29 is 14.7 Å². The first-order valence-corrected chi connectivity index (χ1v) is 14.3. The van der Waals surface area contributed by atoms with Crippen LogP contribution in [0, 0.1) is 29.1 Å². The maximum Gasteiger partial charge on any atom is 0.156 e. The Morgan fingerprint density at radius 2 is 1.85 bits per heavy atom. The Bertz CT molecular complexity index is 1400. The van der Waals surface area contributed by atoms with Gasteiger partial charge in [-0.1, -0.05) is 66.0 Å². The smallest absolute Gasteiger partial charge is 0.156 e. The van der Waals surface area contributed by atoms with E-state index in [2.05, 4.69) is 55.1 Å². The summed E-state index contributed by atoms with van der Waals surface area (Å²) in [6.45, 7) is 4.80. The molecule has 0 aliphatic heterocycles. The number of rotatable bonds is 4. The van der Waals surface area contributed by atoms with Gasteiger partial charge in [0.15, 0.2) is 5.78 Å². The lowest BCUT2D eigenvalue weighted by Crippen LogP contribution is -2.50. The predicted molar refractivity (Wildman–Crippen MR) is 154 cm³/mol. The molecule has 0 amide bonds. The van der Waals surface area contributed by atoms with Crippen LogP contribution in [0.3, 0.4) is 0 Å². The average molecular weight is 520 g/mol. The second-order valence-electron chi connectivity index (χ2n) is 12.2. The minimum atomic E-state index is -0.655. The van der Waals surface area contributed by atoms with Gasteiger partial charge in [-0.15, -0.1) is 0 Å². The number of hydrogen-bond donors (Lipinski definition) is 1. The van der Waals surface area contributed by atoms with Gasteiger partial charge in [-0.2, -0.15) is 0 Å². The van der Waals surface area contributed by atoms with Gasteiger partial charge in [0.2, 0.25) is 0 Å². The van der Waals surface area contributed by atoms with Crippen molar-refractivity contribution in [3.8, 4) is 11.8 Å². The second kappa shape index (κ2) is 10.3. The van der Waals surface area contributed by atoms with Crippen molar-refractivity contribution in [2.75, 3.05) is 0 Å². The van der Waals surface area contributed by atoms with Crippen LogP contribution in [-0.4, -0.2) is 22.7 Å². The number of carbonyl (C=O) groups excluding carboxylic acids is 1. The Balaban J connectivity index is 1.25. The van der Waals surface area contributed by atoms with Gasteiger partial charge in [-0.05, 0) is 104 Å². The number of hydrogen-bond acceptors (Lipinski definition) is 4. The summed E-state index contributed by atoms with van der Waals surface area (Å²) in [5.74, 6) is 7.63. The topological polar surface area (TPSA) is 58.9 Å². The van der Waals surface area contributed by atoms with Crippen molar-refractivity contribution in [3.05, 3.63) is 94.1 Å². The lowest BCUT2D eigenvalue weighted by atomic mass is 9.51. The van der Waals surface area contributed by atoms with E-state index in [-0.39, 0.29) is 17.1 Å². The highest BCUT2D eigenvalue weighted by atomic mass is 16.6. The fourth-order valence-corrected chi connectivity index (χ4v) is 7.84. The minimum absolute atomic E-state index is 0.118. The van der Waals surface area contributed by atoms with E-state index in [1.54, 1.807) is 5.57 Å². The van der Waals surface area contributed by atoms with E-state index in [0.717, 1.165) is 49.7 Å². The summed E-state index contributed by atoms with van der Waals surface area (Å²) in [4.78, 5) is 17.6. The van der Waals surface area contributed by atoms with Gasteiger partial charge in [0.05, 0.1) is 5.60 Å². The third-order valence-corrected chi connectivity index (χ3v) is 10.1. The molecule has 1 N–H and O–H groups in total. The Kier molecular flexibility index (Phi) is 6.81. The number of oxime groups is 1. The molecule has 0 saturated heterocycles. The summed E-state index contributed by atoms with van der Waals surface area (Å²) in [5, 5.41) is 15.5. The number of fused-ring (bicyclic) bond motifs is 4. The number of allylic oxidation sites excluding steroid dienone is 4. The number of aliphatic hydroxyl groups is 1. The van der Waals surface area contributed by atoms with Gasteiger partial charge in [0.25, 0.3) is 0 Å². The van der Waals surface area contributed by atoms with E-state index in [1.807, 2.05) is 36.4 Å². The Hall–Kier alpha value is -3.42. The first-order chi connectivity index (χ1) is 18.9. The number of ketones is 1. The van der Waals surface area contributed by atoms with E-state index < -0.39 is 5.60 Å². The highest BCUT2D eigenvalue weighted by Gasteiger charge is 2.60. The molecule has 2 fully saturated rings. The van der Waals surface area contributed by atoms with Crippen LogP contribution >= 0.6 is 0 Å². The van der Waals surface area contributed by atoms with Crippen LogP contribution in [0.1, 0.15) is 81.4 Å². The van der Waals surface area contributed by atoms with Crippen molar-refractivity contribution in [2.45, 2.75) is 76.9 Å². The van der Waals surface area contributed by atoms with E-state index >= 15 is 0 Å². The largest absolute Gasteiger partial charge is 0.390 e. The molecule has 4 unspecified atom stereocenters. The summed E-state index contributed by atoms with van der Waals surface area (Å²) in [7, 11) is 0. The molecule has 0 bridgehead atoms. The molecule has 0 aromatic heterocycles. The van der Waals surface area contributed by atoms with E-state index in [4.69, 9.17) is 4.84 Å². The fourth-order valence-electron chi connectivity index (χ4n) is 7.84. The lowest BCUT2D eigenvalue weighted by Gasteiger charge is -2.54. The molecular formula is C35H37NO3. The van der Waals surface area contributed by atoms with Crippen LogP contribution in [0.15, 0.2) is 82.5 Å². The maximum absolute atomic E-state index is 12.2. The Morgan fingerprint density at radius 3 is 2.64 bits per heavy atom. The molecule has 39 heavy (non-hydrogen) atoms. The molecule has 0 spiro atoms. The van der Waals surface area contributed by atoms with Gasteiger partial charge in [-0.25, -0.2) is 0 Å². The number of carbonyl (C=O) groups is 1. The monoisotopic (exact) mass is 519 g/mol. The molecule has 200 valence electrons. The highest BCUT2D eigenvalue weighted by Crippen LogP contribution is 2.66. The van der Waals surface area contributed by atoms with Crippen LogP contribution < -0.4 is 0 Å². The van der Waals surface area contributed by atoms with Gasteiger partial charge in [0, 0.05) is 23.3 Å². The lowest BCUT2D eigenvalue weighted by molar-refractivity contribution is -0.114. The summed E-state index contributed by atoms with van der Waals surface area (Å²) >= 11 is 0. The fraction of sp³-hybridized carbons (Fsp3) is 0.429. The van der Waals surface area contributed by atoms with Gasteiger partial charge < -0.3 is 9.94 Å². The van der Waals surface area contributed by atoms with E-state index in [9.17, 15) is 9.90 Å². The first kappa shape index (κ1) is 25.8. The first-order valence-electron chi connectivity index (χ1n) is 14.3. The van der Waals surface area contributed by atoms with Crippen LogP contribution in [0.25, 0.3) is 0 Å². The molecule has 4 aliphatic carbocycles. The average Bonchev–Trinajstić information content (AvgIpc) is 3.19. The molecule has 6 rings (SSSR count). The maximum atomic E-state index is 12.2. The molecule has 0 heterocycles. The van der Waals surface area contributed by atoms with Crippen LogP contribution in [0.2, 0.25) is 0 Å². The molecule has 4 nitrogen and oxygen atoms in total. The summed E-state index contributed by atoms with van der Waals surface area (Å²) in [6.07, 6.45) is 9.86. The molecule has 2 aromatic rings. The van der Waals surface area contributed by atoms with Crippen molar-refractivity contribution in [1.82, 2.24) is 0 Å². The van der Waals surface area contributed by atoms with Crippen molar-refractivity contribution in [1.29, 1.82) is 0 Å². The Labute approximate surface area is 231 Å². The quantitative estimate of drug-likeness (QED) is 0.272. The summed E-state index contributed by atoms with van der Waals surface area (Å²) in [5.41, 5.74) is 6.79. The van der Waals surface area contributed by atoms with Gasteiger partial charge >= 0.3 is 0 Å². The predicted octanol–water partition coefficient (Wildman–Crippen LogP) is 6.89. The summed E-state index contributed by atoms with van der Waals surface area (Å²) in [6, 6.07) is 18.5. The van der Waals surface area contributed by atoms with Crippen molar-refractivity contribution >= 4 is 12.0 Å². The van der Waals surface area contributed by atoms with Crippen LogP contribution in [0.4, 0.5) is 0 Å². The minimum Gasteiger partial charge on any atom is -0.390 e. The molecule has 2 saturated carbocycles. The van der Waals surface area contributed by atoms with E-state index in [0.29, 0.717) is 24.9 Å². The molecular weight excluding hydrogens is 482 g/mol. The molecule has 4 aliphatic rings.